The SMILES string of the molecule is C=CCCc1ccc(CCC=C)o1. The normalized spacial score (nSPS) is 9.85. The van der Waals surface area contributed by atoms with E-state index in [1.807, 2.05) is 24.3 Å². The van der Waals surface area contributed by atoms with Crippen molar-refractivity contribution in [2.24, 2.45) is 0 Å². The second-order valence-corrected chi connectivity index (χ2v) is 3.02. The summed E-state index contributed by atoms with van der Waals surface area (Å²) in [5.74, 6) is 2.11. The van der Waals surface area contributed by atoms with Gasteiger partial charge in [0.15, 0.2) is 0 Å². The van der Waals surface area contributed by atoms with Gasteiger partial charge in [0.1, 0.15) is 11.5 Å². The fraction of sp³-hybridized carbons (Fsp3) is 0.333. The molecule has 0 spiro atoms. The predicted molar refractivity (Wildman–Crippen MR) is 55.7 cm³/mol. The first-order chi connectivity index (χ1) is 6.36. The van der Waals surface area contributed by atoms with Gasteiger partial charge in [-0.15, -0.1) is 13.2 Å². The zero-order valence-electron chi connectivity index (χ0n) is 7.96. The van der Waals surface area contributed by atoms with Crippen molar-refractivity contribution in [3.63, 3.8) is 0 Å². The Morgan fingerprint density at radius 2 is 1.46 bits per heavy atom. The molecule has 1 aromatic rings. The number of rotatable bonds is 6. The van der Waals surface area contributed by atoms with E-state index < -0.39 is 0 Å². The Labute approximate surface area is 79.8 Å². The monoisotopic (exact) mass is 176 g/mol. The lowest BCUT2D eigenvalue weighted by atomic mass is 10.2. The number of allylic oxidation sites excluding steroid dienone is 2. The fourth-order valence-corrected chi connectivity index (χ4v) is 1.18. The molecule has 1 heteroatoms. The van der Waals surface area contributed by atoms with Gasteiger partial charge in [0.2, 0.25) is 0 Å². The Bertz CT molecular complexity index is 244. The molecule has 70 valence electrons. The number of furan rings is 1. The molecule has 0 atom stereocenters. The Hall–Kier alpha value is -1.24. The lowest BCUT2D eigenvalue weighted by molar-refractivity contribution is 0.465. The molecule has 1 nitrogen and oxygen atoms in total. The van der Waals surface area contributed by atoms with Gasteiger partial charge in [0.05, 0.1) is 0 Å². The van der Waals surface area contributed by atoms with E-state index in [0.29, 0.717) is 0 Å². The first-order valence-electron chi connectivity index (χ1n) is 4.66. The molecule has 13 heavy (non-hydrogen) atoms. The van der Waals surface area contributed by atoms with E-state index in [9.17, 15) is 0 Å². The van der Waals surface area contributed by atoms with Crippen LogP contribution in [0.15, 0.2) is 41.9 Å². The molecule has 1 aromatic heterocycles. The van der Waals surface area contributed by atoms with Crippen LogP contribution in [-0.2, 0) is 12.8 Å². The van der Waals surface area contributed by atoms with E-state index in [0.717, 1.165) is 37.2 Å². The summed E-state index contributed by atoms with van der Waals surface area (Å²) in [6, 6.07) is 4.09. The topological polar surface area (TPSA) is 13.1 Å². The van der Waals surface area contributed by atoms with E-state index in [4.69, 9.17) is 4.42 Å². The first kappa shape index (κ1) is 9.85. The Morgan fingerprint density at radius 3 is 1.85 bits per heavy atom. The van der Waals surface area contributed by atoms with E-state index in [1.165, 1.54) is 0 Å². The summed E-state index contributed by atoms with van der Waals surface area (Å²) in [5, 5.41) is 0. The standard InChI is InChI=1S/C12H16O/c1-3-5-7-11-9-10-12(13-11)8-6-4-2/h3-4,9-10H,1-2,5-8H2. The van der Waals surface area contributed by atoms with Gasteiger partial charge >= 0.3 is 0 Å². The van der Waals surface area contributed by atoms with Gasteiger partial charge in [0, 0.05) is 12.8 Å². The minimum absolute atomic E-state index is 0.956. The summed E-state index contributed by atoms with van der Waals surface area (Å²) in [5.41, 5.74) is 0. The van der Waals surface area contributed by atoms with Crippen LogP contribution >= 0.6 is 0 Å². The Kier molecular flexibility index (Phi) is 4.10. The van der Waals surface area contributed by atoms with Crippen molar-refractivity contribution in [3.05, 3.63) is 49.0 Å². The second kappa shape index (κ2) is 5.41. The highest BCUT2D eigenvalue weighted by Crippen LogP contribution is 2.11. The van der Waals surface area contributed by atoms with Crippen LogP contribution in [0, 0.1) is 0 Å². The van der Waals surface area contributed by atoms with Crippen LogP contribution in [0.3, 0.4) is 0 Å². The number of hydrogen-bond donors (Lipinski definition) is 0. The predicted octanol–water partition coefficient (Wildman–Crippen LogP) is 3.52. The molecule has 0 unspecified atom stereocenters. The summed E-state index contributed by atoms with van der Waals surface area (Å²) in [6.45, 7) is 7.35. The van der Waals surface area contributed by atoms with Gasteiger partial charge in [-0.25, -0.2) is 0 Å². The first-order valence-corrected chi connectivity index (χ1v) is 4.66. The van der Waals surface area contributed by atoms with Gasteiger partial charge in [-0.2, -0.15) is 0 Å². The molecular weight excluding hydrogens is 160 g/mol. The molecular formula is C12H16O. The molecule has 1 rings (SSSR count). The minimum Gasteiger partial charge on any atom is -0.466 e. The lowest BCUT2D eigenvalue weighted by Gasteiger charge is -1.93. The van der Waals surface area contributed by atoms with Crippen molar-refractivity contribution in [1.29, 1.82) is 0 Å². The highest BCUT2D eigenvalue weighted by molar-refractivity contribution is 5.08. The molecule has 0 saturated carbocycles. The van der Waals surface area contributed by atoms with Crippen molar-refractivity contribution in [2.75, 3.05) is 0 Å². The van der Waals surface area contributed by atoms with Crippen molar-refractivity contribution in [2.45, 2.75) is 25.7 Å². The van der Waals surface area contributed by atoms with Crippen LogP contribution in [0.25, 0.3) is 0 Å². The highest BCUT2D eigenvalue weighted by atomic mass is 16.3. The maximum Gasteiger partial charge on any atom is 0.104 e. The molecule has 1 heterocycles. The molecule has 0 N–H and O–H groups in total. The third kappa shape index (κ3) is 3.32. The Morgan fingerprint density at radius 1 is 1.00 bits per heavy atom. The third-order valence-corrected chi connectivity index (χ3v) is 1.91. The van der Waals surface area contributed by atoms with Crippen LogP contribution in [0.4, 0.5) is 0 Å². The average molecular weight is 176 g/mol. The summed E-state index contributed by atoms with van der Waals surface area (Å²) >= 11 is 0. The number of aryl methyl sites for hydroxylation is 2. The maximum absolute atomic E-state index is 5.59. The molecule has 0 bridgehead atoms. The van der Waals surface area contributed by atoms with Gasteiger partial charge in [-0.3, -0.25) is 0 Å². The summed E-state index contributed by atoms with van der Waals surface area (Å²) in [7, 11) is 0. The molecule has 0 aliphatic carbocycles. The van der Waals surface area contributed by atoms with Crippen molar-refractivity contribution in [1.82, 2.24) is 0 Å². The average Bonchev–Trinajstić information content (AvgIpc) is 2.59. The van der Waals surface area contributed by atoms with Crippen LogP contribution in [0.5, 0.6) is 0 Å². The second-order valence-electron chi connectivity index (χ2n) is 3.02. The highest BCUT2D eigenvalue weighted by Gasteiger charge is 1.99. The summed E-state index contributed by atoms with van der Waals surface area (Å²) in [4.78, 5) is 0. The smallest absolute Gasteiger partial charge is 0.104 e. The zero-order valence-corrected chi connectivity index (χ0v) is 7.96. The van der Waals surface area contributed by atoms with E-state index in [-0.39, 0.29) is 0 Å². The van der Waals surface area contributed by atoms with Crippen molar-refractivity contribution in [3.8, 4) is 0 Å². The van der Waals surface area contributed by atoms with Gasteiger partial charge in [0.25, 0.3) is 0 Å². The maximum atomic E-state index is 5.59. The quantitative estimate of drug-likeness (QED) is 0.604. The van der Waals surface area contributed by atoms with E-state index >= 15 is 0 Å². The fourth-order valence-electron chi connectivity index (χ4n) is 1.18. The van der Waals surface area contributed by atoms with E-state index in [1.54, 1.807) is 0 Å². The van der Waals surface area contributed by atoms with Crippen LogP contribution < -0.4 is 0 Å². The van der Waals surface area contributed by atoms with Gasteiger partial charge in [-0.1, -0.05) is 12.2 Å². The molecule has 0 radical (unpaired) electrons. The van der Waals surface area contributed by atoms with Crippen molar-refractivity contribution >= 4 is 0 Å². The Balaban J connectivity index is 2.43. The molecule has 0 amide bonds. The lowest BCUT2D eigenvalue weighted by Crippen LogP contribution is -1.79. The minimum atomic E-state index is 0.956. The molecule has 0 aromatic carbocycles. The van der Waals surface area contributed by atoms with Crippen molar-refractivity contribution < 1.29 is 4.42 Å². The molecule has 0 aliphatic rings. The van der Waals surface area contributed by atoms with Crippen LogP contribution in [-0.4, -0.2) is 0 Å². The van der Waals surface area contributed by atoms with Crippen LogP contribution in [0.1, 0.15) is 24.4 Å². The third-order valence-electron chi connectivity index (χ3n) is 1.91. The molecule has 0 fully saturated rings. The molecule has 0 aliphatic heterocycles. The van der Waals surface area contributed by atoms with Crippen LogP contribution in [0.2, 0.25) is 0 Å². The van der Waals surface area contributed by atoms with Gasteiger partial charge < -0.3 is 4.42 Å². The number of hydrogen-bond acceptors (Lipinski definition) is 1. The largest absolute Gasteiger partial charge is 0.466 e. The summed E-state index contributed by atoms with van der Waals surface area (Å²) < 4.78 is 5.59. The zero-order chi connectivity index (χ0) is 9.52. The van der Waals surface area contributed by atoms with E-state index in [2.05, 4.69) is 13.2 Å². The molecule has 0 saturated heterocycles. The summed E-state index contributed by atoms with van der Waals surface area (Å²) in [6.07, 6.45) is 7.69. The van der Waals surface area contributed by atoms with Gasteiger partial charge in [-0.05, 0) is 25.0 Å².